The molecule has 0 atom stereocenters. The van der Waals surface area contributed by atoms with Crippen molar-refractivity contribution in [1.82, 2.24) is 31.1 Å². The number of nitrogens with one attached hydrogen (secondary N) is 2. The molecule has 0 saturated heterocycles. The first kappa shape index (κ1) is 20.4. The molecule has 0 radical (unpaired) electrons. The molecule has 0 aliphatic carbocycles. The number of aryl methyl sites for hydroxylation is 2. The molecule has 9 heteroatoms. The zero-order valence-corrected chi connectivity index (χ0v) is 17.8. The van der Waals surface area contributed by atoms with E-state index in [4.69, 9.17) is 0 Å². The van der Waals surface area contributed by atoms with E-state index >= 15 is 0 Å². The Labute approximate surface area is 182 Å². The third-order valence-corrected chi connectivity index (χ3v) is 5.57. The Morgan fingerprint density at radius 1 is 0.968 bits per heavy atom. The van der Waals surface area contributed by atoms with Gasteiger partial charge in [0.25, 0.3) is 11.8 Å². The first-order chi connectivity index (χ1) is 15.0. The summed E-state index contributed by atoms with van der Waals surface area (Å²) in [6.07, 6.45) is 0. The highest BCUT2D eigenvalue weighted by atomic mass is 32.1. The van der Waals surface area contributed by atoms with Crippen LogP contribution in [0.15, 0.2) is 60.7 Å². The molecule has 0 aliphatic rings. The SMILES string of the molecule is Cc1cc(C(=O)NNC(=O)c2ccc(Cn3nnc(-c4ccccc4)n3)cc2)c(C)s1. The van der Waals surface area contributed by atoms with Crippen molar-refractivity contribution in [3.63, 3.8) is 0 Å². The molecule has 0 spiro atoms. The molecule has 2 aromatic heterocycles. The van der Waals surface area contributed by atoms with Crippen LogP contribution in [0.4, 0.5) is 0 Å². The Balaban J connectivity index is 1.35. The van der Waals surface area contributed by atoms with Crippen LogP contribution >= 0.6 is 11.3 Å². The molecule has 2 aromatic carbocycles. The summed E-state index contributed by atoms with van der Waals surface area (Å²) in [4.78, 5) is 28.0. The van der Waals surface area contributed by atoms with E-state index in [0.29, 0.717) is 23.5 Å². The molecular weight excluding hydrogens is 412 g/mol. The van der Waals surface area contributed by atoms with Gasteiger partial charge in [-0.1, -0.05) is 42.5 Å². The number of carbonyl (C=O) groups is 2. The van der Waals surface area contributed by atoms with E-state index in [9.17, 15) is 9.59 Å². The molecule has 0 saturated carbocycles. The normalized spacial score (nSPS) is 10.6. The number of hydrogen-bond acceptors (Lipinski definition) is 6. The molecule has 2 heterocycles. The second-order valence-electron chi connectivity index (χ2n) is 6.94. The number of thiophene rings is 1. The lowest BCUT2D eigenvalue weighted by Crippen LogP contribution is -2.41. The van der Waals surface area contributed by atoms with Gasteiger partial charge in [-0.3, -0.25) is 20.4 Å². The van der Waals surface area contributed by atoms with Gasteiger partial charge in [-0.2, -0.15) is 4.80 Å². The number of rotatable bonds is 5. The summed E-state index contributed by atoms with van der Waals surface area (Å²) in [5, 5.41) is 12.5. The lowest BCUT2D eigenvalue weighted by molar-refractivity contribution is 0.0846. The van der Waals surface area contributed by atoms with Crippen LogP contribution in [-0.2, 0) is 6.54 Å². The zero-order chi connectivity index (χ0) is 21.8. The summed E-state index contributed by atoms with van der Waals surface area (Å²) >= 11 is 1.54. The van der Waals surface area contributed by atoms with Crippen LogP contribution in [0.3, 0.4) is 0 Å². The van der Waals surface area contributed by atoms with Gasteiger partial charge in [-0.05, 0) is 42.8 Å². The van der Waals surface area contributed by atoms with E-state index in [-0.39, 0.29) is 5.91 Å². The minimum Gasteiger partial charge on any atom is -0.267 e. The fourth-order valence-corrected chi connectivity index (χ4v) is 3.97. The van der Waals surface area contributed by atoms with Crippen molar-refractivity contribution in [2.24, 2.45) is 0 Å². The van der Waals surface area contributed by atoms with Gasteiger partial charge in [0, 0.05) is 20.9 Å². The van der Waals surface area contributed by atoms with Crippen LogP contribution in [0, 0.1) is 13.8 Å². The van der Waals surface area contributed by atoms with E-state index in [1.54, 1.807) is 29.5 Å². The van der Waals surface area contributed by atoms with E-state index in [2.05, 4.69) is 26.3 Å². The average molecular weight is 433 g/mol. The summed E-state index contributed by atoms with van der Waals surface area (Å²) < 4.78 is 0. The lowest BCUT2D eigenvalue weighted by atomic mass is 10.1. The molecule has 0 unspecified atom stereocenters. The molecule has 0 fully saturated rings. The van der Waals surface area contributed by atoms with Gasteiger partial charge in [-0.25, -0.2) is 0 Å². The number of hydrazine groups is 1. The van der Waals surface area contributed by atoms with Gasteiger partial charge in [0.15, 0.2) is 0 Å². The predicted molar refractivity (Wildman–Crippen MR) is 118 cm³/mol. The number of aromatic nitrogens is 4. The highest BCUT2D eigenvalue weighted by Gasteiger charge is 2.13. The molecule has 8 nitrogen and oxygen atoms in total. The van der Waals surface area contributed by atoms with Crippen molar-refractivity contribution >= 4 is 23.2 Å². The Kier molecular flexibility index (Phi) is 5.85. The molecule has 4 rings (SSSR count). The standard InChI is InChI=1S/C22H20N6O2S/c1-14-12-19(15(2)31-14)22(30)25-24-21(29)18-10-8-16(9-11-18)13-28-26-20(23-27-28)17-6-4-3-5-7-17/h3-12H,13H2,1-2H3,(H,24,29)(H,25,30). The summed E-state index contributed by atoms with van der Waals surface area (Å²) in [5.74, 6) is -0.170. The minimum atomic E-state index is -0.394. The molecule has 2 N–H and O–H groups in total. The monoisotopic (exact) mass is 432 g/mol. The van der Waals surface area contributed by atoms with Crippen molar-refractivity contribution in [2.75, 3.05) is 0 Å². The van der Waals surface area contributed by atoms with Crippen molar-refractivity contribution in [3.8, 4) is 11.4 Å². The quantitative estimate of drug-likeness (QED) is 0.472. The van der Waals surface area contributed by atoms with Crippen molar-refractivity contribution in [1.29, 1.82) is 0 Å². The molecular formula is C22H20N6O2S. The molecule has 0 aliphatic heterocycles. The average Bonchev–Trinajstić information content (AvgIpc) is 3.38. The van der Waals surface area contributed by atoms with Crippen LogP contribution < -0.4 is 10.9 Å². The maximum absolute atomic E-state index is 12.3. The molecule has 0 bridgehead atoms. The fourth-order valence-electron chi connectivity index (χ4n) is 3.05. The number of amides is 2. The third-order valence-electron chi connectivity index (χ3n) is 4.60. The van der Waals surface area contributed by atoms with Gasteiger partial charge in [-0.15, -0.1) is 21.5 Å². The number of tetrazole rings is 1. The van der Waals surface area contributed by atoms with Gasteiger partial charge in [0.05, 0.1) is 12.1 Å². The molecule has 156 valence electrons. The second-order valence-corrected chi connectivity index (χ2v) is 8.40. The number of hydrogen-bond donors (Lipinski definition) is 2. The van der Waals surface area contributed by atoms with Crippen molar-refractivity contribution in [3.05, 3.63) is 87.1 Å². The first-order valence-electron chi connectivity index (χ1n) is 9.59. The topological polar surface area (TPSA) is 102 Å². The largest absolute Gasteiger partial charge is 0.270 e. The number of carbonyl (C=O) groups excluding carboxylic acids is 2. The maximum Gasteiger partial charge on any atom is 0.270 e. The van der Waals surface area contributed by atoms with E-state index in [0.717, 1.165) is 20.9 Å². The summed E-state index contributed by atoms with van der Waals surface area (Å²) in [7, 11) is 0. The Bertz CT molecular complexity index is 1210. The fraction of sp³-hybridized carbons (Fsp3) is 0.136. The van der Waals surface area contributed by atoms with Crippen LogP contribution in [0.5, 0.6) is 0 Å². The third kappa shape index (κ3) is 4.84. The summed E-state index contributed by atoms with van der Waals surface area (Å²) in [6, 6.07) is 18.4. The van der Waals surface area contributed by atoms with Crippen LogP contribution in [0.2, 0.25) is 0 Å². The Hall–Kier alpha value is -3.85. The smallest absolute Gasteiger partial charge is 0.267 e. The summed E-state index contributed by atoms with van der Waals surface area (Å²) in [6.45, 7) is 4.24. The Morgan fingerprint density at radius 2 is 1.68 bits per heavy atom. The van der Waals surface area contributed by atoms with Crippen LogP contribution in [0.25, 0.3) is 11.4 Å². The van der Waals surface area contributed by atoms with Crippen molar-refractivity contribution in [2.45, 2.75) is 20.4 Å². The molecule has 4 aromatic rings. The van der Waals surface area contributed by atoms with E-state index in [1.807, 2.05) is 56.3 Å². The zero-order valence-electron chi connectivity index (χ0n) is 17.0. The van der Waals surface area contributed by atoms with Gasteiger partial charge >= 0.3 is 0 Å². The molecule has 2 amide bonds. The molecule has 31 heavy (non-hydrogen) atoms. The van der Waals surface area contributed by atoms with Crippen molar-refractivity contribution < 1.29 is 9.59 Å². The van der Waals surface area contributed by atoms with Gasteiger partial charge < -0.3 is 0 Å². The Morgan fingerprint density at radius 3 is 2.35 bits per heavy atom. The maximum atomic E-state index is 12.3. The second kappa shape index (κ2) is 8.88. The van der Waals surface area contributed by atoms with Crippen LogP contribution in [-0.4, -0.2) is 32.0 Å². The van der Waals surface area contributed by atoms with Crippen LogP contribution in [0.1, 0.15) is 36.0 Å². The van der Waals surface area contributed by atoms with Gasteiger partial charge in [0.2, 0.25) is 5.82 Å². The minimum absolute atomic E-state index is 0.335. The predicted octanol–water partition coefficient (Wildman–Crippen LogP) is 3.14. The summed E-state index contributed by atoms with van der Waals surface area (Å²) in [5.41, 5.74) is 7.72. The number of benzene rings is 2. The first-order valence-corrected chi connectivity index (χ1v) is 10.4. The van der Waals surface area contributed by atoms with E-state index < -0.39 is 5.91 Å². The highest BCUT2D eigenvalue weighted by molar-refractivity contribution is 7.12. The highest BCUT2D eigenvalue weighted by Crippen LogP contribution is 2.20. The number of nitrogens with zero attached hydrogens (tertiary/aromatic N) is 4. The van der Waals surface area contributed by atoms with Gasteiger partial charge in [0.1, 0.15) is 0 Å². The van der Waals surface area contributed by atoms with E-state index in [1.165, 1.54) is 4.80 Å². The lowest BCUT2D eigenvalue weighted by Gasteiger charge is -2.08.